The van der Waals surface area contributed by atoms with Gasteiger partial charge in [-0.25, -0.2) is 0 Å². The highest BCUT2D eigenvalue weighted by Gasteiger charge is 2.37. The average molecular weight is 344 g/mol. The number of allylic oxidation sites excluding steroid dienone is 2. The number of fused-ring (bicyclic) bond motifs is 3. The van der Waals surface area contributed by atoms with Gasteiger partial charge in [0.05, 0.1) is 16.1 Å². The zero-order valence-electron chi connectivity index (χ0n) is 13.0. The van der Waals surface area contributed by atoms with Crippen molar-refractivity contribution in [1.29, 1.82) is 0 Å². The van der Waals surface area contributed by atoms with Gasteiger partial charge in [0, 0.05) is 11.6 Å². The first-order chi connectivity index (χ1) is 11.2. The first kappa shape index (κ1) is 15.1. The van der Waals surface area contributed by atoms with Crippen molar-refractivity contribution in [3.63, 3.8) is 0 Å². The van der Waals surface area contributed by atoms with Crippen LogP contribution >= 0.6 is 23.2 Å². The van der Waals surface area contributed by atoms with E-state index in [4.69, 9.17) is 23.2 Å². The molecule has 1 heterocycles. The molecule has 0 radical (unpaired) electrons. The molecule has 3 atom stereocenters. The number of halogens is 2. The van der Waals surface area contributed by atoms with Crippen molar-refractivity contribution in [1.82, 2.24) is 0 Å². The molecular formula is C20H19Cl2N. The molecule has 0 saturated heterocycles. The highest BCUT2D eigenvalue weighted by atomic mass is 35.5. The van der Waals surface area contributed by atoms with Gasteiger partial charge in [-0.1, -0.05) is 60.5 Å². The van der Waals surface area contributed by atoms with Crippen LogP contribution in [-0.2, 0) is 6.42 Å². The number of hydrogen-bond acceptors (Lipinski definition) is 1. The summed E-state index contributed by atoms with van der Waals surface area (Å²) < 4.78 is 0. The van der Waals surface area contributed by atoms with Gasteiger partial charge in [-0.2, -0.15) is 0 Å². The number of anilines is 1. The second kappa shape index (κ2) is 5.89. The molecule has 4 rings (SSSR count). The smallest absolute Gasteiger partial charge is 0.0595 e. The van der Waals surface area contributed by atoms with Crippen molar-refractivity contribution >= 4 is 28.9 Å². The van der Waals surface area contributed by atoms with Gasteiger partial charge in [0.15, 0.2) is 0 Å². The monoisotopic (exact) mass is 343 g/mol. The summed E-state index contributed by atoms with van der Waals surface area (Å²) in [5.41, 5.74) is 5.28. The quantitative estimate of drug-likeness (QED) is 0.623. The molecule has 1 nitrogen and oxygen atoms in total. The minimum Gasteiger partial charge on any atom is -0.378 e. The fourth-order valence-electron chi connectivity index (χ4n) is 3.90. The van der Waals surface area contributed by atoms with Gasteiger partial charge < -0.3 is 5.32 Å². The lowest BCUT2D eigenvalue weighted by atomic mass is 9.76. The van der Waals surface area contributed by atoms with Crippen LogP contribution in [0.5, 0.6) is 0 Å². The molecule has 0 aromatic heterocycles. The van der Waals surface area contributed by atoms with Crippen molar-refractivity contribution in [2.24, 2.45) is 5.92 Å². The van der Waals surface area contributed by atoms with Crippen molar-refractivity contribution < 1.29 is 0 Å². The molecule has 0 unspecified atom stereocenters. The summed E-state index contributed by atoms with van der Waals surface area (Å²) in [5.74, 6) is 1.02. The third-order valence-electron chi connectivity index (χ3n) is 5.14. The third-order valence-corrected chi connectivity index (χ3v) is 5.88. The Balaban J connectivity index is 1.77. The van der Waals surface area contributed by atoms with E-state index in [0.29, 0.717) is 21.9 Å². The summed E-state index contributed by atoms with van der Waals surface area (Å²) in [7, 11) is 0. The second-order valence-electron chi connectivity index (χ2n) is 6.42. The standard InChI is InChI=1S/C20H19Cl2N/c1-2-12-6-9-19-16(10-12)14-4-3-5-15(14)20(23-19)13-7-8-17(21)18(22)11-13/h3-4,6-11,14-15,20,23H,2,5H2,1H3/t14-,15-,20+/m1/s1. The van der Waals surface area contributed by atoms with E-state index in [1.165, 1.54) is 22.4 Å². The van der Waals surface area contributed by atoms with Gasteiger partial charge in [-0.3, -0.25) is 0 Å². The summed E-state index contributed by atoms with van der Waals surface area (Å²) in [6.07, 6.45) is 6.85. The Morgan fingerprint density at radius 1 is 1.09 bits per heavy atom. The van der Waals surface area contributed by atoms with Crippen molar-refractivity contribution in [3.8, 4) is 0 Å². The molecule has 2 aromatic rings. The van der Waals surface area contributed by atoms with Gasteiger partial charge in [0.25, 0.3) is 0 Å². The van der Waals surface area contributed by atoms with E-state index in [0.717, 1.165) is 12.8 Å². The molecule has 3 heteroatoms. The van der Waals surface area contributed by atoms with E-state index in [1.807, 2.05) is 12.1 Å². The predicted molar refractivity (Wildman–Crippen MR) is 98.6 cm³/mol. The Hall–Kier alpha value is -1.44. The van der Waals surface area contributed by atoms with Crippen molar-refractivity contribution in [2.75, 3.05) is 5.32 Å². The second-order valence-corrected chi connectivity index (χ2v) is 7.24. The molecule has 2 aromatic carbocycles. The van der Waals surface area contributed by atoms with Crippen molar-refractivity contribution in [3.05, 3.63) is 75.3 Å². The highest BCUT2D eigenvalue weighted by molar-refractivity contribution is 6.42. The number of nitrogens with one attached hydrogen (secondary N) is 1. The Labute approximate surface area is 147 Å². The molecule has 1 aliphatic carbocycles. The summed E-state index contributed by atoms with van der Waals surface area (Å²) in [6.45, 7) is 2.21. The van der Waals surface area contributed by atoms with Gasteiger partial charge in [0.2, 0.25) is 0 Å². The van der Waals surface area contributed by atoms with E-state index in [1.54, 1.807) is 0 Å². The third kappa shape index (κ3) is 2.56. The zero-order chi connectivity index (χ0) is 16.0. The minimum atomic E-state index is 0.268. The number of aryl methyl sites for hydroxylation is 1. The molecule has 23 heavy (non-hydrogen) atoms. The Morgan fingerprint density at radius 2 is 1.96 bits per heavy atom. The summed E-state index contributed by atoms with van der Waals surface area (Å²) in [4.78, 5) is 0. The lowest BCUT2D eigenvalue weighted by molar-refractivity contribution is 0.425. The van der Waals surface area contributed by atoms with Crippen LogP contribution in [0, 0.1) is 5.92 Å². The van der Waals surface area contributed by atoms with Crippen LogP contribution in [0.1, 0.15) is 42.0 Å². The fourth-order valence-corrected chi connectivity index (χ4v) is 4.21. The van der Waals surface area contributed by atoms with Crippen LogP contribution < -0.4 is 5.32 Å². The van der Waals surface area contributed by atoms with Crippen LogP contribution in [0.15, 0.2) is 48.6 Å². The first-order valence-electron chi connectivity index (χ1n) is 8.18. The van der Waals surface area contributed by atoms with Crippen LogP contribution in [0.4, 0.5) is 5.69 Å². The molecular weight excluding hydrogens is 325 g/mol. The Morgan fingerprint density at radius 3 is 2.74 bits per heavy atom. The fraction of sp³-hybridized carbons (Fsp3) is 0.300. The number of rotatable bonds is 2. The maximum Gasteiger partial charge on any atom is 0.0595 e. The highest BCUT2D eigenvalue weighted by Crippen LogP contribution is 2.50. The topological polar surface area (TPSA) is 12.0 Å². The minimum absolute atomic E-state index is 0.268. The molecule has 2 aliphatic rings. The first-order valence-corrected chi connectivity index (χ1v) is 8.94. The average Bonchev–Trinajstić information content (AvgIpc) is 3.06. The van der Waals surface area contributed by atoms with Crippen molar-refractivity contribution in [2.45, 2.75) is 31.7 Å². The van der Waals surface area contributed by atoms with E-state index < -0.39 is 0 Å². The summed E-state index contributed by atoms with van der Waals surface area (Å²) >= 11 is 12.3. The normalized spacial score (nSPS) is 24.9. The Kier molecular flexibility index (Phi) is 3.87. The lowest BCUT2D eigenvalue weighted by Gasteiger charge is -2.38. The summed E-state index contributed by atoms with van der Waals surface area (Å²) in [6, 6.07) is 13.1. The molecule has 0 amide bonds. The maximum absolute atomic E-state index is 6.24. The van der Waals surface area contributed by atoms with E-state index in [9.17, 15) is 0 Å². The molecule has 1 N–H and O–H groups in total. The van der Waals surface area contributed by atoms with Gasteiger partial charge in [0.1, 0.15) is 0 Å². The Bertz CT molecular complexity index is 781. The molecule has 0 saturated carbocycles. The predicted octanol–water partition coefficient (Wildman–Crippen LogP) is 6.38. The van der Waals surface area contributed by atoms with Crippen LogP contribution in [-0.4, -0.2) is 0 Å². The van der Waals surface area contributed by atoms with E-state index >= 15 is 0 Å². The molecule has 118 valence electrons. The SMILES string of the molecule is CCc1ccc2c(c1)[C@@H]1C=CC[C@H]1[C@H](c1ccc(Cl)c(Cl)c1)N2. The van der Waals surface area contributed by atoms with Crippen LogP contribution in [0.25, 0.3) is 0 Å². The molecule has 0 bridgehead atoms. The number of benzene rings is 2. The maximum atomic E-state index is 6.24. The molecule has 0 spiro atoms. The number of hydrogen-bond donors (Lipinski definition) is 1. The van der Waals surface area contributed by atoms with Gasteiger partial charge in [-0.05, 0) is 53.6 Å². The van der Waals surface area contributed by atoms with Gasteiger partial charge in [-0.15, -0.1) is 0 Å². The van der Waals surface area contributed by atoms with Gasteiger partial charge >= 0.3 is 0 Å². The molecule has 1 aliphatic heterocycles. The van der Waals surface area contributed by atoms with Crippen LogP contribution in [0.3, 0.4) is 0 Å². The van der Waals surface area contributed by atoms with Crippen LogP contribution in [0.2, 0.25) is 10.0 Å². The van der Waals surface area contributed by atoms with E-state index in [-0.39, 0.29) is 6.04 Å². The van der Waals surface area contributed by atoms with E-state index in [2.05, 4.69) is 48.7 Å². The zero-order valence-corrected chi connectivity index (χ0v) is 14.5. The largest absolute Gasteiger partial charge is 0.378 e. The summed E-state index contributed by atoms with van der Waals surface area (Å²) in [5, 5.41) is 4.98. The molecule has 0 fully saturated rings. The lowest BCUT2D eigenvalue weighted by Crippen LogP contribution is -2.29.